The molecule has 0 aliphatic carbocycles. The highest BCUT2D eigenvalue weighted by molar-refractivity contribution is 14.0. The van der Waals surface area contributed by atoms with Gasteiger partial charge in [-0.3, -0.25) is 9.67 Å². The van der Waals surface area contributed by atoms with E-state index in [1.54, 1.807) is 0 Å². The predicted molar refractivity (Wildman–Crippen MR) is 140 cm³/mol. The van der Waals surface area contributed by atoms with Crippen LogP contribution in [0.5, 0.6) is 0 Å². The van der Waals surface area contributed by atoms with Crippen molar-refractivity contribution in [1.82, 2.24) is 20.0 Å². The minimum Gasteiger partial charge on any atom is -0.371 e. The number of aryl methyl sites for hydroxylation is 2. The van der Waals surface area contributed by atoms with E-state index in [4.69, 9.17) is 16.6 Å². The molecule has 8 heteroatoms. The van der Waals surface area contributed by atoms with Crippen LogP contribution >= 0.6 is 35.6 Å². The van der Waals surface area contributed by atoms with E-state index < -0.39 is 0 Å². The predicted octanol–water partition coefficient (Wildman–Crippen LogP) is 4.28. The Kier molecular flexibility index (Phi) is 8.50. The molecule has 1 N–H and O–H groups in total. The SMILES string of the molecule is CCNC(=NCC1CCN(c2cc(Cl)ccc2C)C1)N1CCC(c2cnn(C)c2)C1.I. The van der Waals surface area contributed by atoms with E-state index in [0.717, 1.165) is 56.7 Å². The maximum Gasteiger partial charge on any atom is 0.193 e. The molecular formula is C23H34ClIN6. The molecule has 2 atom stereocenters. The van der Waals surface area contributed by atoms with Gasteiger partial charge in [0, 0.05) is 69.1 Å². The maximum atomic E-state index is 6.23. The zero-order chi connectivity index (χ0) is 21.1. The first-order valence-electron chi connectivity index (χ1n) is 11.1. The number of anilines is 1. The Balaban J connectivity index is 0.00000272. The Bertz CT molecular complexity index is 898. The van der Waals surface area contributed by atoms with Gasteiger partial charge < -0.3 is 15.1 Å². The van der Waals surface area contributed by atoms with Crippen molar-refractivity contribution < 1.29 is 0 Å². The minimum atomic E-state index is 0. The van der Waals surface area contributed by atoms with Crippen LogP contribution < -0.4 is 10.2 Å². The molecule has 2 aliphatic heterocycles. The molecule has 2 unspecified atom stereocenters. The topological polar surface area (TPSA) is 48.7 Å². The summed E-state index contributed by atoms with van der Waals surface area (Å²) in [5.74, 6) is 2.17. The van der Waals surface area contributed by atoms with Gasteiger partial charge in [-0.15, -0.1) is 24.0 Å². The molecule has 31 heavy (non-hydrogen) atoms. The molecule has 6 nitrogen and oxygen atoms in total. The van der Waals surface area contributed by atoms with E-state index in [-0.39, 0.29) is 24.0 Å². The number of likely N-dealkylation sites (tertiary alicyclic amines) is 1. The second kappa shape index (κ2) is 10.9. The summed E-state index contributed by atoms with van der Waals surface area (Å²) >= 11 is 6.23. The molecule has 1 aromatic heterocycles. The Morgan fingerprint density at radius 1 is 1.26 bits per heavy atom. The Morgan fingerprint density at radius 2 is 2.10 bits per heavy atom. The average Bonchev–Trinajstić information content (AvgIpc) is 3.47. The lowest BCUT2D eigenvalue weighted by Crippen LogP contribution is -2.40. The fourth-order valence-electron chi connectivity index (χ4n) is 4.64. The molecule has 170 valence electrons. The van der Waals surface area contributed by atoms with Gasteiger partial charge in [0.15, 0.2) is 5.96 Å². The summed E-state index contributed by atoms with van der Waals surface area (Å²) in [5, 5.41) is 8.66. The summed E-state index contributed by atoms with van der Waals surface area (Å²) in [6.45, 7) is 10.2. The molecular weight excluding hydrogens is 523 g/mol. The number of hydrogen-bond acceptors (Lipinski definition) is 3. The van der Waals surface area contributed by atoms with E-state index in [1.807, 2.05) is 24.0 Å². The molecule has 4 rings (SSSR count). The largest absolute Gasteiger partial charge is 0.371 e. The van der Waals surface area contributed by atoms with Crippen LogP contribution in [0, 0.1) is 12.8 Å². The third kappa shape index (κ3) is 5.86. The van der Waals surface area contributed by atoms with Crippen molar-refractivity contribution in [2.24, 2.45) is 18.0 Å². The number of halogens is 2. The van der Waals surface area contributed by atoms with Gasteiger partial charge >= 0.3 is 0 Å². The van der Waals surface area contributed by atoms with Crippen molar-refractivity contribution in [2.45, 2.75) is 32.6 Å². The Hall–Kier alpha value is -1.48. The summed E-state index contributed by atoms with van der Waals surface area (Å²) in [7, 11) is 1.98. The molecule has 2 fully saturated rings. The standard InChI is InChI=1S/C23H33ClN6.HI/c1-4-25-23(30-10-8-19(16-30)20-13-27-28(3)15-20)26-12-18-7-9-29(14-18)22-11-21(24)6-5-17(22)2;/h5-6,11,13,15,18-19H,4,7-10,12,14,16H2,1-3H3,(H,25,26);1H. The van der Waals surface area contributed by atoms with Crippen LogP contribution in [-0.2, 0) is 7.05 Å². The highest BCUT2D eigenvalue weighted by Gasteiger charge is 2.28. The first-order valence-corrected chi connectivity index (χ1v) is 11.4. The maximum absolute atomic E-state index is 6.23. The summed E-state index contributed by atoms with van der Waals surface area (Å²) in [6.07, 6.45) is 6.47. The molecule has 0 spiro atoms. The van der Waals surface area contributed by atoms with Crippen LogP contribution in [0.3, 0.4) is 0 Å². The van der Waals surface area contributed by atoms with Crippen molar-refractivity contribution in [3.63, 3.8) is 0 Å². The smallest absolute Gasteiger partial charge is 0.193 e. The number of aromatic nitrogens is 2. The molecule has 3 heterocycles. The molecule has 2 saturated heterocycles. The number of hydrogen-bond donors (Lipinski definition) is 1. The van der Waals surface area contributed by atoms with Crippen molar-refractivity contribution in [2.75, 3.05) is 44.2 Å². The number of aliphatic imine (C=N–C) groups is 1. The number of nitrogens with zero attached hydrogens (tertiary/aromatic N) is 5. The van der Waals surface area contributed by atoms with Crippen LogP contribution in [-0.4, -0.2) is 59.9 Å². The molecule has 2 aromatic rings. The lowest BCUT2D eigenvalue weighted by molar-refractivity contribution is 0.480. The quantitative estimate of drug-likeness (QED) is 0.339. The van der Waals surface area contributed by atoms with E-state index in [0.29, 0.717) is 11.8 Å². The summed E-state index contributed by atoms with van der Waals surface area (Å²) in [5.41, 5.74) is 3.88. The Morgan fingerprint density at radius 3 is 2.84 bits per heavy atom. The van der Waals surface area contributed by atoms with Crippen LogP contribution in [0.15, 0.2) is 35.6 Å². The normalized spacial score (nSPS) is 21.5. The van der Waals surface area contributed by atoms with Crippen LogP contribution in [0.1, 0.15) is 36.8 Å². The van der Waals surface area contributed by atoms with Gasteiger partial charge in [-0.1, -0.05) is 17.7 Å². The van der Waals surface area contributed by atoms with Crippen molar-refractivity contribution in [1.29, 1.82) is 0 Å². The number of rotatable bonds is 5. The van der Waals surface area contributed by atoms with Crippen molar-refractivity contribution in [3.05, 3.63) is 46.7 Å². The number of guanidine groups is 1. The number of benzene rings is 1. The number of nitrogens with one attached hydrogen (secondary N) is 1. The van der Waals surface area contributed by atoms with Gasteiger partial charge in [-0.2, -0.15) is 5.10 Å². The van der Waals surface area contributed by atoms with Crippen LogP contribution in [0.2, 0.25) is 5.02 Å². The molecule has 0 amide bonds. The fourth-order valence-corrected chi connectivity index (χ4v) is 4.81. The van der Waals surface area contributed by atoms with Gasteiger partial charge in [0.05, 0.1) is 6.20 Å². The fraction of sp³-hybridized carbons (Fsp3) is 0.565. The highest BCUT2D eigenvalue weighted by Crippen LogP contribution is 2.30. The third-order valence-corrected chi connectivity index (χ3v) is 6.55. The van der Waals surface area contributed by atoms with E-state index in [9.17, 15) is 0 Å². The van der Waals surface area contributed by atoms with Crippen molar-refractivity contribution >= 4 is 47.2 Å². The van der Waals surface area contributed by atoms with Crippen LogP contribution in [0.25, 0.3) is 0 Å². The van der Waals surface area contributed by atoms with Crippen molar-refractivity contribution in [3.8, 4) is 0 Å². The summed E-state index contributed by atoms with van der Waals surface area (Å²) in [4.78, 5) is 9.91. The molecule has 1 aromatic carbocycles. The minimum absolute atomic E-state index is 0. The van der Waals surface area contributed by atoms with Gasteiger partial charge in [-0.25, -0.2) is 0 Å². The zero-order valence-corrected chi connectivity index (χ0v) is 21.8. The van der Waals surface area contributed by atoms with E-state index in [1.165, 1.54) is 23.2 Å². The molecule has 0 radical (unpaired) electrons. The first-order chi connectivity index (χ1) is 14.5. The van der Waals surface area contributed by atoms with Gasteiger partial charge in [-0.05, 0) is 55.9 Å². The molecule has 2 aliphatic rings. The second-order valence-corrected chi connectivity index (χ2v) is 9.04. The zero-order valence-electron chi connectivity index (χ0n) is 18.7. The molecule has 0 bridgehead atoms. The monoisotopic (exact) mass is 556 g/mol. The van der Waals surface area contributed by atoms with Crippen LogP contribution in [0.4, 0.5) is 5.69 Å². The van der Waals surface area contributed by atoms with Gasteiger partial charge in [0.25, 0.3) is 0 Å². The molecule has 0 saturated carbocycles. The second-order valence-electron chi connectivity index (χ2n) is 8.61. The average molecular weight is 557 g/mol. The first kappa shape index (κ1) is 24.2. The van der Waals surface area contributed by atoms with E-state index >= 15 is 0 Å². The van der Waals surface area contributed by atoms with E-state index in [2.05, 4.69) is 52.4 Å². The lowest BCUT2D eigenvalue weighted by Gasteiger charge is -2.23. The third-order valence-electron chi connectivity index (χ3n) is 6.32. The van der Waals surface area contributed by atoms with Gasteiger partial charge in [0.2, 0.25) is 0 Å². The summed E-state index contributed by atoms with van der Waals surface area (Å²) < 4.78 is 1.89. The van der Waals surface area contributed by atoms with Gasteiger partial charge in [0.1, 0.15) is 0 Å². The summed E-state index contributed by atoms with van der Waals surface area (Å²) in [6, 6.07) is 6.17. The Labute approximate surface area is 208 Å². The highest BCUT2D eigenvalue weighted by atomic mass is 127. The lowest BCUT2D eigenvalue weighted by atomic mass is 10.0.